The number of methoxy groups -OCH3 is 1. The topological polar surface area (TPSA) is 71.4 Å². The molecule has 0 radical (unpaired) electrons. The van der Waals surface area contributed by atoms with Gasteiger partial charge in [0.25, 0.3) is 0 Å². The van der Waals surface area contributed by atoms with Gasteiger partial charge >= 0.3 is 0 Å². The summed E-state index contributed by atoms with van der Waals surface area (Å²) in [5.41, 5.74) is 5.24. The predicted octanol–water partition coefficient (Wildman–Crippen LogP) is -0.140. The van der Waals surface area contributed by atoms with E-state index in [-0.39, 0.29) is 11.9 Å². The smallest absolute Gasteiger partial charge is 0.207 e. The van der Waals surface area contributed by atoms with Crippen molar-refractivity contribution in [2.45, 2.75) is 13.0 Å². The fourth-order valence-corrected chi connectivity index (χ4v) is 0.269. The molecule has 0 heterocycles. The molecule has 9 heavy (non-hydrogen) atoms. The fraction of sp³-hybridized carbons (Fsp3) is 0.600. The van der Waals surface area contributed by atoms with Crippen molar-refractivity contribution >= 4 is 5.84 Å². The van der Waals surface area contributed by atoms with Crippen molar-refractivity contribution in [2.75, 3.05) is 7.11 Å². The normalized spacial score (nSPS) is 14.6. The molecule has 1 unspecified atom stereocenters. The lowest BCUT2D eigenvalue weighted by Gasteiger charge is -2.04. The maximum absolute atomic E-state index is 8.01. The molecule has 0 bridgehead atoms. The van der Waals surface area contributed by atoms with E-state index in [4.69, 9.17) is 15.7 Å². The van der Waals surface area contributed by atoms with Gasteiger partial charge in [0.15, 0.2) is 0 Å². The molecule has 0 aromatic carbocycles. The van der Waals surface area contributed by atoms with E-state index in [2.05, 4.69) is 4.99 Å². The van der Waals surface area contributed by atoms with Crippen LogP contribution in [0.4, 0.5) is 0 Å². The van der Waals surface area contributed by atoms with Gasteiger partial charge in [0.05, 0.1) is 0 Å². The van der Waals surface area contributed by atoms with E-state index in [0.717, 1.165) is 0 Å². The number of nitriles is 1. The maximum atomic E-state index is 8.01. The van der Waals surface area contributed by atoms with Crippen molar-refractivity contribution < 1.29 is 4.74 Å². The molecule has 0 aliphatic rings. The Kier molecular flexibility index (Phi) is 3.40. The fourth-order valence-electron chi connectivity index (χ4n) is 0.269. The second kappa shape index (κ2) is 3.87. The largest absolute Gasteiger partial charge is 0.384 e. The van der Waals surface area contributed by atoms with Crippen molar-refractivity contribution in [2.24, 2.45) is 10.7 Å². The van der Waals surface area contributed by atoms with Gasteiger partial charge < -0.3 is 10.5 Å². The van der Waals surface area contributed by atoms with Crippen LogP contribution in [0.3, 0.4) is 0 Å². The van der Waals surface area contributed by atoms with E-state index in [0.29, 0.717) is 0 Å². The first-order valence-electron chi connectivity index (χ1n) is 2.47. The summed E-state index contributed by atoms with van der Waals surface area (Å²) >= 11 is 0. The monoisotopic (exact) mass is 127 g/mol. The molecule has 0 aromatic heterocycles. The average Bonchev–Trinajstić information content (AvgIpc) is 1.87. The minimum atomic E-state index is -0.273. The zero-order valence-electron chi connectivity index (χ0n) is 5.46. The van der Waals surface area contributed by atoms with Crippen molar-refractivity contribution in [3.8, 4) is 6.19 Å². The lowest BCUT2D eigenvalue weighted by molar-refractivity contribution is 0.170. The lowest BCUT2D eigenvalue weighted by Crippen LogP contribution is -2.27. The van der Waals surface area contributed by atoms with E-state index in [1.54, 1.807) is 13.1 Å². The first-order valence-corrected chi connectivity index (χ1v) is 2.47. The third-order valence-electron chi connectivity index (χ3n) is 0.949. The molecule has 0 aromatic rings. The molecule has 0 rings (SSSR count). The van der Waals surface area contributed by atoms with Crippen LogP contribution in [0.2, 0.25) is 0 Å². The molecule has 0 aliphatic carbocycles. The average molecular weight is 127 g/mol. The minimum Gasteiger partial charge on any atom is -0.384 e. The highest BCUT2D eigenvalue weighted by Crippen LogP contribution is 1.85. The molecule has 0 aliphatic heterocycles. The number of hydrogen-bond acceptors (Lipinski definition) is 3. The van der Waals surface area contributed by atoms with E-state index >= 15 is 0 Å². The quantitative estimate of drug-likeness (QED) is 0.319. The van der Waals surface area contributed by atoms with Gasteiger partial charge in [-0.25, -0.2) is 0 Å². The second-order valence-electron chi connectivity index (χ2n) is 1.51. The SMILES string of the molecule is COC(C)C(N)=NC#N. The summed E-state index contributed by atoms with van der Waals surface area (Å²) in [5, 5.41) is 8.01. The highest BCUT2D eigenvalue weighted by molar-refractivity contribution is 5.85. The van der Waals surface area contributed by atoms with Gasteiger partial charge in [-0.1, -0.05) is 0 Å². The van der Waals surface area contributed by atoms with Crippen LogP contribution in [0.25, 0.3) is 0 Å². The summed E-state index contributed by atoms with van der Waals surface area (Å²) in [6.07, 6.45) is 1.29. The van der Waals surface area contributed by atoms with Gasteiger partial charge in [0.1, 0.15) is 11.9 Å². The van der Waals surface area contributed by atoms with Crippen LogP contribution in [-0.2, 0) is 4.74 Å². The lowest BCUT2D eigenvalue weighted by atomic mass is 10.4. The molecule has 0 fully saturated rings. The van der Waals surface area contributed by atoms with E-state index in [1.807, 2.05) is 0 Å². The standard InChI is InChI=1S/C5H9N3O/c1-4(9-2)5(7)8-3-6/h4H,1-2H3,(H2,7,8). The highest BCUT2D eigenvalue weighted by atomic mass is 16.5. The third-order valence-corrected chi connectivity index (χ3v) is 0.949. The molecule has 50 valence electrons. The number of aliphatic imine (C=N–C) groups is 1. The first kappa shape index (κ1) is 7.92. The van der Waals surface area contributed by atoms with Gasteiger partial charge in [0, 0.05) is 7.11 Å². The van der Waals surface area contributed by atoms with Crippen molar-refractivity contribution in [3.05, 3.63) is 0 Å². The zero-order valence-corrected chi connectivity index (χ0v) is 5.46. The van der Waals surface area contributed by atoms with Gasteiger partial charge in [0.2, 0.25) is 6.19 Å². The van der Waals surface area contributed by atoms with Gasteiger partial charge in [-0.15, -0.1) is 0 Å². The molecule has 0 saturated heterocycles. The Morgan fingerprint density at radius 1 is 1.89 bits per heavy atom. The van der Waals surface area contributed by atoms with Gasteiger partial charge in [-0.2, -0.15) is 10.3 Å². The van der Waals surface area contributed by atoms with Crippen LogP contribution in [0.5, 0.6) is 0 Å². The van der Waals surface area contributed by atoms with Gasteiger partial charge in [-0.3, -0.25) is 0 Å². The Morgan fingerprint density at radius 3 is 2.78 bits per heavy atom. The number of ether oxygens (including phenoxy) is 1. The van der Waals surface area contributed by atoms with Crippen LogP contribution >= 0.6 is 0 Å². The summed E-state index contributed by atoms with van der Waals surface area (Å²) in [6.45, 7) is 1.72. The second-order valence-corrected chi connectivity index (χ2v) is 1.51. The number of amidine groups is 1. The Morgan fingerprint density at radius 2 is 2.44 bits per heavy atom. The Labute approximate surface area is 53.9 Å². The predicted molar refractivity (Wildman–Crippen MR) is 33.7 cm³/mol. The number of nitrogens with two attached hydrogens (primary N) is 1. The third kappa shape index (κ3) is 2.67. The van der Waals surface area contributed by atoms with Crippen molar-refractivity contribution in [1.29, 1.82) is 5.26 Å². The molecule has 4 heteroatoms. The molecule has 1 atom stereocenters. The molecule has 0 spiro atoms. The Hall–Kier alpha value is -1.08. The number of hydrogen-bond donors (Lipinski definition) is 1. The van der Waals surface area contributed by atoms with E-state index < -0.39 is 0 Å². The summed E-state index contributed by atoms with van der Waals surface area (Å²) in [6, 6.07) is 0. The maximum Gasteiger partial charge on any atom is 0.207 e. The first-order chi connectivity index (χ1) is 4.22. The number of nitrogens with zero attached hydrogens (tertiary/aromatic N) is 2. The Balaban J connectivity index is 3.89. The Bertz CT molecular complexity index is 147. The zero-order chi connectivity index (χ0) is 7.28. The van der Waals surface area contributed by atoms with Crippen LogP contribution in [0.1, 0.15) is 6.92 Å². The van der Waals surface area contributed by atoms with Crippen molar-refractivity contribution in [3.63, 3.8) is 0 Å². The summed E-state index contributed by atoms with van der Waals surface area (Å²) < 4.78 is 4.76. The van der Waals surface area contributed by atoms with E-state index in [1.165, 1.54) is 7.11 Å². The van der Waals surface area contributed by atoms with Crippen LogP contribution in [0, 0.1) is 11.5 Å². The molecular weight excluding hydrogens is 118 g/mol. The summed E-state index contributed by atoms with van der Waals surface area (Å²) in [7, 11) is 1.50. The van der Waals surface area contributed by atoms with E-state index in [9.17, 15) is 0 Å². The molecule has 0 saturated carbocycles. The van der Waals surface area contributed by atoms with Crippen LogP contribution in [-0.4, -0.2) is 19.0 Å². The highest BCUT2D eigenvalue weighted by Gasteiger charge is 2.02. The van der Waals surface area contributed by atoms with Crippen LogP contribution < -0.4 is 5.73 Å². The molecule has 0 amide bonds. The minimum absolute atomic E-state index is 0.208. The van der Waals surface area contributed by atoms with Gasteiger partial charge in [-0.05, 0) is 6.92 Å². The molecule has 2 N–H and O–H groups in total. The molecular formula is C5H9N3O. The summed E-state index contributed by atoms with van der Waals surface area (Å²) in [4.78, 5) is 3.27. The van der Waals surface area contributed by atoms with Crippen molar-refractivity contribution in [1.82, 2.24) is 0 Å². The number of rotatable bonds is 2. The molecule has 4 nitrogen and oxygen atoms in total. The summed E-state index contributed by atoms with van der Waals surface area (Å²) in [5.74, 6) is 0.208. The van der Waals surface area contributed by atoms with Crippen LogP contribution in [0.15, 0.2) is 4.99 Å².